The van der Waals surface area contributed by atoms with Crippen LogP contribution in [-0.4, -0.2) is 37.1 Å². The van der Waals surface area contributed by atoms with Gasteiger partial charge in [-0.15, -0.1) is 0 Å². The van der Waals surface area contributed by atoms with Crippen LogP contribution in [0.3, 0.4) is 0 Å². The third-order valence-corrected chi connectivity index (χ3v) is 1.67. The zero-order valence-corrected chi connectivity index (χ0v) is 9.03. The van der Waals surface area contributed by atoms with E-state index in [2.05, 4.69) is 5.32 Å². The van der Waals surface area contributed by atoms with E-state index in [0.29, 0.717) is 0 Å². The Balaban J connectivity index is 2.45. The van der Waals surface area contributed by atoms with Crippen molar-refractivity contribution in [1.82, 2.24) is 5.32 Å². The quantitative estimate of drug-likeness (QED) is 0.547. The van der Waals surface area contributed by atoms with Gasteiger partial charge in [0.15, 0.2) is 0 Å². The molecule has 1 amide bonds. The van der Waals surface area contributed by atoms with Crippen LogP contribution in [0, 0.1) is 0 Å². The van der Waals surface area contributed by atoms with Crippen LogP contribution in [0.5, 0.6) is 0 Å². The van der Waals surface area contributed by atoms with Crippen LogP contribution in [0.4, 0.5) is 4.79 Å². The van der Waals surface area contributed by atoms with Crippen molar-refractivity contribution in [3.05, 3.63) is 0 Å². The first kappa shape index (κ1) is 11.8. The predicted molar refractivity (Wildman–Crippen MR) is 50.1 cm³/mol. The van der Waals surface area contributed by atoms with Crippen molar-refractivity contribution in [3.8, 4) is 0 Å². The number of hydrogen-bond acceptors (Lipinski definition) is 5. The van der Waals surface area contributed by atoms with Gasteiger partial charge in [0.2, 0.25) is 5.72 Å². The summed E-state index contributed by atoms with van der Waals surface area (Å²) in [5, 5.41) is 2.45. The summed E-state index contributed by atoms with van der Waals surface area (Å²) in [6.45, 7) is 5.81. The van der Waals surface area contributed by atoms with E-state index >= 15 is 0 Å². The lowest BCUT2D eigenvalue weighted by Crippen LogP contribution is -2.64. The summed E-state index contributed by atoms with van der Waals surface area (Å²) in [5.74, 6) is 0. The van der Waals surface area contributed by atoms with E-state index in [1.165, 1.54) is 0 Å². The van der Waals surface area contributed by atoms with Gasteiger partial charge in [0, 0.05) is 0 Å². The van der Waals surface area contributed by atoms with Crippen LogP contribution in [-0.2, 0) is 19.0 Å². The number of rotatable bonds is 3. The first-order valence-corrected chi connectivity index (χ1v) is 4.57. The average Bonchev–Trinajstić information content (AvgIpc) is 1.96. The molecular formula is C9H15NO5. The molecule has 6 nitrogen and oxygen atoms in total. The van der Waals surface area contributed by atoms with Crippen molar-refractivity contribution < 1.29 is 23.8 Å². The molecule has 0 atom stereocenters. The Morgan fingerprint density at radius 1 is 1.47 bits per heavy atom. The highest BCUT2D eigenvalue weighted by Gasteiger charge is 2.43. The number of amides is 1. The Morgan fingerprint density at radius 3 is 2.40 bits per heavy atom. The summed E-state index contributed by atoms with van der Waals surface area (Å²) < 4.78 is 14.6. The normalized spacial score (nSPS) is 18.6. The molecule has 86 valence electrons. The molecule has 1 aliphatic heterocycles. The highest BCUT2D eigenvalue weighted by molar-refractivity contribution is 5.69. The smallest absolute Gasteiger partial charge is 0.410 e. The molecule has 1 fully saturated rings. The van der Waals surface area contributed by atoms with Gasteiger partial charge >= 0.3 is 6.09 Å². The van der Waals surface area contributed by atoms with Gasteiger partial charge in [0.1, 0.15) is 18.8 Å². The second kappa shape index (κ2) is 4.06. The molecule has 0 bridgehead atoms. The number of nitrogens with one attached hydrogen (secondary N) is 1. The number of alkyl carbamates (subject to hydrolysis) is 1. The molecule has 1 rings (SSSR count). The lowest BCUT2D eigenvalue weighted by Gasteiger charge is -2.39. The van der Waals surface area contributed by atoms with Crippen LogP contribution in [0.1, 0.15) is 20.8 Å². The third kappa shape index (κ3) is 3.39. The zero-order chi connectivity index (χ0) is 11.5. The minimum atomic E-state index is -1.05. The van der Waals surface area contributed by atoms with Crippen LogP contribution in [0.15, 0.2) is 0 Å². The van der Waals surface area contributed by atoms with Gasteiger partial charge in [-0.3, -0.25) is 10.1 Å². The first-order chi connectivity index (χ1) is 6.87. The van der Waals surface area contributed by atoms with Gasteiger partial charge < -0.3 is 14.2 Å². The Kier molecular flexibility index (Phi) is 3.18. The Bertz CT molecular complexity index is 254. The number of carbonyl (C=O) groups is 2. The van der Waals surface area contributed by atoms with Crippen LogP contribution in [0.25, 0.3) is 0 Å². The maximum Gasteiger partial charge on any atom is 0.410 e. The Labute approximate surface area is 87.9 Å². The monoisotopic (exact) mass is 217 g/mol. The summed E-state index contributed by atoms with van der Waals surface area (Å²) in [6, 6.07) is 0. The van der Waals surface area contributed by atoms with E-state index in [-0.39, 0.29) is 19.7 Å². The summed E-state index contributed by atoms with van der Waals surface area (Å²) in [4.78, 5) is 21.6. The molecule has 0 unspecified atom stereocenters. The van der Waals surface area contributed by atoms with Crippen molar-refractivity contribution in [2.45, 2.75) is 32.1 Å². The van der Waals surface area contributed by atoms with Gasteiger partial charge in [-0.1, -0.05) is 0 Å². The molecule has 0 aliphatic carbocycles. The Hall–Kier alpha value is -1.30. The third-order valence-electron chi connectivity index (χ3n) is 1.67. The molecular weight excluding hydrogens is 202 g/mol. The second-order valence-corrected chi connectivity index (χ2v) is 4.33. The molecule has 0 saturated carbocycles. The summed E-state index contributed by atoms with van der Waals surface area (Å²) >= 11 is 0. The van der Waals surface area contributed by atoms with Gasteiger partial charge in [-0.25, -0.2) is 4.79 Å². The van der Waals surface area contributed by atoms with E-state index in [0.717, 1.165) is 0 Å². The SMILES string of the molecule is CC(C)(C)OC(=O)NC1(OC=O)COC1. The number of hydrogen-bond donors (Lipinski definition) is 1. The summed E-state index contributed by atoms with van der Waals surface area (Å²) in [6.07, 6.45) is -0.632. The standard InChI is InChI=1S/C9H15NO5/c1-8(2,3)15-7(12)10-9(14-6-11)4-13-5-9/h6H,4-5H2,1-3H3,(H,10,12). The molecule has 0 aromatic heterocycles. The predicted octanol–water partition coefficient (Wildman–Crippen LogP) is 0.411. The molecule has 0 aromatic carbocycles. The molecule has 15 heavy (non-hydrogen) atoms. The maximum absolute atomic E-state index is 11.4. The lowest BCUT2D eigenvalue weighted by atomic mass is 10.2. The molecule has 0 spiro atoms. The van der Waals surface area contributed by atoms with Crippen LogP contribution >= 0.6 is 0 Å². The van der Waals surface area contributed by atoms with E-state index in [1.54, 1.807) is 20.8 Å². The highest BCUT2D eigenvalue weighted by Crippen LogP contribution is 2.18. The minimum absolute atomic E-state index is 0.144. The maximum atomic E-state index is 11.4. The molecule has 6 heteroatoms. The molecule has 0 radical (unpaired) electrons. The first-order valence-electron chi connectivity index (χ1n) is 4.57. The zero-order valence-electron chi connectivity index (χ0n) is 9.03. The van der Waals surface area contributed by atoms with E-state index in [9.17, 15) is 9.59 Å². The van der Waals surface area contributed by atoms with Gasteiger partial charge in [-0.05, 0) is 20.8 Å². The number of carbonyl (C=O) groups excluding carboxylic acids is 2. The fraction of sp³-hybridized carbons (Fsp3) is 0.778. The fourth-order valence-electron chi connectivity index (χ4n) is 1.04. The largest absolute Gasteiger partial charge is 0.444 e. The van der Waals surface area contributed by atoms with Crippen molar-refractivity contribution in [2.75, 3.05) is 13.2 Å². The van der Waals surface area contributed by atoms with Gasteiger partial charge in [0.25, 0.3) is 6.47 Å². The van der Waals surface area contributed by atoms with Crippen LogP contribution < -0.4 is 5.32 Å². The number of ether oxygens (including phenoxy) is 3. The topological polar surface area (TPSA) is 73.9 Å². The average molecular weight is 217 g/mol. The molecule has 1 saturated heterocycles. The summed E-state index contributed by atoms with van der Waals surface area (Å²) in [7, 11) is 0. The summed E-state index contributed by atoms with van der Waals surface area (Å²) in [5.41, 5.74) is -1.64. The molecule has 1 aliphatic rings. The van der Waals surface area contributed by atoms with E-state index < -0.39 is 17.4 Å². The van der Waals surface area contributed by atoms with Crippen molar-refractivity contribution in [1.29, 1.82) is 0 Å². The van der Waals surface area contributed by atoms with E-state index in [1.807, 2.05) is 0 Å². The van der Waals surface area contributed by atoms with Crippen LogP contribution in [0.2, 0.25) is 0 Å². The minimum Gasteiger partial charge on any atom is -0.444 e. The van der Waals surface area contributed by atoms with Crippen molar-refractivity contribution in [2.24, 2.45) is 0 Å². The second-order valence-electron chi connectivity index (χ2n) is 4.33. The highest BCUT2D eigenvalue weighted by atomic mass is 16.6. The van der Waals surface area contributed by atoms with Crippen molar-refractivity contribution in [3.63, 3.8) is 0 Å². The van der Waals surface area contributed by atoms with Gasteiger partial charge in [0.05, 0.1) is 0 Å². The Morgan fingerprint density at radius 2 is 2.07 bits per heavy atom. The molecule has 1 N–H and O–H groups in total. The fourth-order valence-corrected chi connectivity index (χ4v) is 1.04. The van der Waals surface area contributed by atoms with Crippen molar-refractivity contribution >= 4 is 12.6 Å². The lowest BCUT2D eigenvalue weighted by molar-refractivity contribution is -0.211. The molecule has 1 heterocycles. The molecule has 0 aromatic rings. The van der Waals surface area contributed by atoms with Gasteiger partial charge in [-0.2, -0.15) is 0 Å². The van der Waals surface area contributed by atoms with E-state index in [4.69, 9.17) is 14.2 Å².